The van der Waals surface area contributed by atoms with E-state index in [0.29, 0.717) is 6.54 Å². The molecule has 4 atom stereocenters. The SMILES string of the molecule is CC(C)[C@H]1[C@H](O)[C@H](O)[C@@H](CO)N1Cc1cccc2cccnc12. The average molecular weight is 316 g/mol. The zero-order valence-corrected chi connectivity index (χ0v) is 13.5. The van der Waals surface area contributed by atoms with Crippen LogP contribution in [0.25, 0.3) is 10.9 Å². The van der Waals surface area contributed by atoms with Crippen LogP contribution in [0.3, 0.4) is 0 Å². The second kappa shape index (κ2) is 6.53. The molecule has 1 fully saturated rings. The van der Waals surface area contributed by atoms with Gasteiger partial charge in [0.05, 0.1) is 30.4 Å². The second-order valence-corrected chi connectivity index (χ2v) is 6.63. The molecule has 3 N–H and O–H groups in total. The first-order valence-corrected chi connectivity index (χ1v) is 8.10. The Labute approximate surface area is 136 Å². The molecule has 5 nitrogen and oxygen atoms in total. The molecular weight excluding hydrogens is 292 g/mol. The first-order chi connectivity index (χ1) is 11.0. The highest BCUT2D eigenvalue weighted by Gasteiger charge is 2.48. The number of hydrogen-bond donors (Lipinski definition) is 3. The van der Waals surface area contributed by atoms with Crippen LogP contribution in [0, 0.1) is 5.92 Å². The molecule has 5 heteroatoms. The highest BCUT2D eigenvalue weighted by molar-refractivity contribution is 5.81. The lowest BCUT2D eigenvalue weighted by atomic mass is 9.98. The van der Waals surface area contributed by atoms with Gasteiger partial charge in [-0.25, -0.2) is 0 Å². The Morgan fingerprint density at radius 2 is 1.87 bits per heavy atom. The topological polar surface area (TPSA) is 76.8 Å². The summed E-state index contributed by atoms with van der Waals surface area (Å²) in [6.45, 7) is 4.40. The van der Waals surface area contributed by atoms with Gasteiger partial charge in [0.15, 0.2) is 0 Å². The van der Waals surface area contributed by atoms with Crippen molar-refractivity contribution in [1.29, 1.82) is 0 Å². The number of benzene rings is 1. The Morgan fingerprint density at radius 3 is 2.57 bits per heavy atom. The van der Waals surface area contributed by atoms with E-state index < -0.39 is 18.2 Å². The number of pyridine rings is 1. The molecule has 2 aromatic rings. The lowest BCUT2D eigenvalue weighted by Crippen LogP contribution is -2.43. The molecule has 1 aliphatic heterocycles. The highest BCUT2D eigenvalue weighted by atomic mass is 16.3. The van der Waals surface area contributed by atoms with E-state index in [1.165, 1.54) is 0 Å². The minimum Gasteiger partial charge on any atom is -0.395 e. The monoisotopic (exact) mass is 316 g/mol. The van der Waals surface area contributed by atoms with Crippen LogP contribution in [0.1, 0.15) is 19.4 Å². The number of para-hydroxylation sites is 1. The van der Waals surface area contributed by atoms with Gasteiger partial charge in [0.25, 0.3) is 0 Å². The molecule has 2 heterocycles. The van der Waals surface area contributed by atoms with Crippen molar-refractivity contribution in [2.45, 2.75) is 44.7 Å². The van der Waals surface area contributed by atoms with Crippen LogP contribution < -0.4 is 0 Å². The Morgan fingerprint density at radius 1 is 1.13 bits per heavy atom. The fourth-order valence-electron chi connectivity index (χ4n) is 3.75. The smallest absolute Gasteiger partial charge is 0.0991 e. The maximum Gasteiger partial charge on any atom is 0.0991 e. The molecule has 0 spiro atoms. The Hall–Kier alpha value is -1.53. The highest BCUT2D eigenvalue weighted by Crippen LogP contribution is 2.32. The molecule has 0 aliphatic carbocycles. The third kappa shape index (κ3) is 2.85. The summed E-state index contributed by atoms with van der Waals surface area (Å²) in [6, 6.07) is 9.28. The van der Waals surface area contributed by atoms with Gasteiger partial charge in [-0.05, 0) is 17.5 Å². The fraction of sp³-hybridized carbons (Fsp3) is 0.500. The normalized spacial score (nSPS) is 28.8. The Bertz CT molecular complexity index is 671. The van der Waals surface area contributed by atoms with Crippen molar-refractivity contribution in [1.82, 2.24) is 9.88 Å². The third-order valence-corrected chi connectivity index (χ3v) is 4.84. The number of rotatable bonds is 4. The van der Waals surface area contributed by atoms with Gasteiger partial charge in [0.2, 0.25) is 0 Å². The lowest BCUT2D eigenvalue weighted by molar-refractivity contribution is 0.0145. The predicted octanol–water partition coefficient (Wildman–Crippen LogP) is 1.16. The van der Waals surface area contributed by atoms with Crippen LogP contribution in [-0.2, 0) is 6.54 Å². The van der Waals surface area contributed by atoms with E-state index in [1.54, 1.807) is 6.20 Å². The van der Waals surface area contributed by atoms with Gasteiger partial charge in [0.1, 0.15) is 0 Å². The number of hydrogen-bond acceptors (Lipinski definition) is 5. The minimum atomic E-state index is -0.935. The first kappa shape index (κ1) is 16.3. The molecule has 1 aromatic heterocycles. The Kier molecular flexibility index (Phi) is 4.64. The van der Waals surface area contributed by atoms with Crippen LogP contribution >= 0.6 is 0 Å². The average Bonchev–Trinajstić information content (AvgIpc) is 2.78. The van der Waals surface area contributed by atoms with Gasteiger partial charge in [-0.3, -0.25) is 9.88 Å². The minimum absolute atomic E-state index is 0.166. The quantitative estimate of drug-likeness (QED) is 0.789. The van der Waals surface area contributed by atoms with Gasteiger partial charge in [-0.15, -0.1) is 0 Å². The maximum atomic E-state index is 10.4. The summed E-state index contributed by atoms with van der Waals surface area (Å²) < 4.78 is 0. The van der Waals surface area contributed by atoms with Crippen LogP contribution in [0.2, 0.25) is 0 Å². The van der Waals surface area contributed by atoms with Crippen molar-refractivity contribution < 1.29 is 15.3 Å². The van der Waals surface area contributed by atoms with Crippen LogP contribution in [0.5, 0.6) is 0 Å². The van der Waals surface area contributed by atoms with E-state index in [2.05, 4.69) is 4.98 Å². The zero-order valence-electron chi connectivity index (χ0n) is 13.5. The van der Waals surface area contributed by atoms with Crippen LogP contribution in [0.4, 0.5) is 0 Å². The van der Waals surface area contributed by atoms with Gasteiger partial charge in [0, 0.05) is 24.2 Å². The first-order valence-electron chi connectivity index (χ1n) is 8.10. The van der Waals surface area contributed by atoms with Crippen molar-refractivity contribution in [3.05, 3.63) is 42.1 Å². The summed E-state index contributed by atoms with van der Waals surface area (Å²) >= 11 is 0. The van der Waals surface area contributed by atoms with Gasteiger partial charge >= 0.3 is 0 Å². The molecule has 1 aromatic carbocycles. The van der Waals surface area contributed by atoms with Gasteiger partial charge in [-0.2, -0.15) is 0 Å². The maximum absolute atomic E-state index is 10.4. The number of aromatic nitrogens is 1. The van der Waals surface area contributed by atoms with E-state index in [9.17, 15) is 15.3 Å². The van der Waals surface area contributed by atoms with Crippen LogP contribution in [-0.4, -0.2) is 56.1 Å². The molecule has 0 bridgehead atoms. The van der Waals surface area contributed by atoms with Crippen molar-refractivity contribution >= 4 is 10.9 Å². The van der Waals surface area contributed by atoms with E-state index in [0.717, 1.165) is 16.5 Å². The molecule has 0 saturated carbocycles. The lowest BCUT2D eigenvalue weighted by Gasteiger charge is -2.32. The largest absolute Gasteiger partial charge is 0.395 e. The van der Waals surface area contributed by atoms with Crippen molar-refractivity contribution in [3.8, 4) is 0 Å². The molecule has 1 saturated heterocycles. The van der Waals surface area contributed by atoms with Crippen molar-refractivity contribution in [3.63, 3.8) is 0 Å². The third-order valence-electron chi connectivity index (χ3n) is 4.84. The predicted molar refractivity (Wildman–Crippen MR) is 88.8 cm³/mol. The molecule has 0 unspecified atom stereocenters. The van der Waals surface area contributed by atoms with Crippen molar-refractivity contribution in [2.24, 2.45) is 5.92 Å². The molecular formula is C18H24N2O3. The Balaban J connectivity index is 1.98. The second-order valence-electron chi connectivity index (χ2n) is 6.63. The summed E-state index contributed by atoms with van der Waals surface area (Å²) in [4.78, 5) is 6.49. The molecule has 1 aliphatic rings. The summed E-state index contributed by atoms with van der Waals surface area (Å²) in [6.07, 6.45) is -0.0198. The molecule has 0 amide bonds. The van der Waals surface area contributed by atoms with E-state index in [1.807, 2.05) is 49.1 Å². The zero-order chi connectivity index (χ0) is 16.6. The summed E-state index contributed by atoms with van der Waals surface area (Å²) in [5, 5.41) is 31.4. The number of fused-ring (bicyclic) bond motifs is 1. The number of likely N-dealkylation sites (tertiary alicyclic amines) is 1. The van der Waals surface area contributed by atoms with E-state index >= 15 is 0 Å². The molecule has 124 valence electrons. The summed E-state index contributed by atoms with van der Waals surface area (Å²) in [7, 11) is 0. The summed E-state index contributed by atoms with van der Waals surface area (Å²) in [5.41, 5.74) is 1.96. The number of aliphatic hydroxyl groups is 3. The van der Waals surface area contributed by atoms with Gasteiger partial charge < -0.3 is 15.3 Å². The van der Waals surface area contributed by atoms with Crippen LogP contribution in [0.15, 0.2) is 36.5 Å². The van der Waals surface area contributed by atoms with E-state index in [-0.39, 0.29) is 18.6 Å². The van der Waals surface area contributed by atoms with Gasteiger partial charge in [-0.1, -0.05) is 38.1 Å². The number of nitrogens with zero attached hydrogens (tertiary/aromatic N) is 2. The molecule has 23 heavy (non-hydrogen) atoms. The standard InChI is InChI=1S/C18H24N2O3/c1-11(2)16-18(23)17(22)14(10-21)20(16)9-13-6-3-5-12-7-4-8-19-15(12)13/h3-8,11,14,16-18,21-23H,9-10H2,1-2H3/t14-,16+,17-,18+/m1/s1. The number of aliphatic hydroxyl groups excluding tert-OH is 3. The summed E-state index contributed by atoms with van der Waals surface area (Å²) in [5.74, 6) is 0.166. The van der Waals surface area contributed by atoms with E-state index in [4.69, 9.17) is 0 Å². The molecule has 0 radical (unpaired) electrons. The van der Waals surface area contributed by atoms with Crippen molar-refractivity contribution in [2.75, 3.05) is 6.61 Å². The molecule has 3 rings (SSSR count). The fourth-order valence-corrected chi connectivity index (χ4v) is 3.75.